The van der Waals surface area contributed by atoms with Crippen LogP contribution in [0.1, 0.15) is 32.6 Å². The summed E-state index contributed by atoms with van der Waals surface area (Å²) in [6.45, 7) is 1.61. The Morgan fingerprint density at radius 3 is 2.12 bits per heavy atom. The minimum atomic E-state index is -1.53. The molecule has 0 saturated heterocycles. The van der Waals surface area contributed by atoms with Gasteiger partial charge in [0, 0.05) is 12.8 Å². The van der Waals surface area contributed by atoms with Gasteiger partial charge in [-0.3, -0.25) is 9.59 Å². The van der Waals surface area contributed by atoms with Crippen LogP contribution in [0.5, 0.6) is 0 Å². The third kappa shape index (κ3) is 6.36. The standard InChI is InChI=1S/C10H18O6/c1-6(5-9(13)14)7(10(15)16)3-2-4-8(11)12/h6-7,9,13-14H,2-5H2,1H3,(H,11,12)(H,15,16). The molecule has 2 unspecified atom stereocenters. The van der Waals surface area contributed by atoms with Crippen LogP contribution in [0.15, 0.2) is 0 Å². The van der Waals surface area contributed by atoms with Gasteiger partial charge in [0.2, 0.25) is 0 Å². The zero-order valence-electron chi connectivity index (χ0n) is 9.17. The second-order valence-electron chi connectivity index (χ2n) is 3.92. The predicted octanol–water partition coefficient (Wildman–Crippen LogP) is 0.279. The summed E-state index contributed by atoms with van der Waals surface area (Å²) in [5.74, 6) is -3.12. The number of hydrogen-bond donors (Lipinski definition) is 4. The van der Waals surface area contributed by atoms with Gasteiger partial charge in [0.1, 0.15) is 0 Å². The highest BCUT2D eigenvalue weighted by molar-refractivity contribution is 5.70. The number of aliphatic hydroxyl groups excluding tert-OH is 1. The number of rotatable bonds is 8. The van der Waals surface area contributed by atoms with Gasteiger partial charge in [-0.2, -0.15) is 0 Å². The molecule has 4 N–H and O–H groups in total. The van der Waals surface area contributed by atoms with E-state index in [0.29, 0.717) is 0 Å². The zero-order chi connectivity index (χ0) is 12.7. The Hall–Kier alpha value is -1.14. The van der Waals surface area contributed by atoms with Crippen LogP contribution in [0.25, 0.3) is 0 Å². The second-order valence-corrected chi connectivity index (χ2v) is 3.92. The molecule has 0 aromatic carbocycles. The van der Waals surface area contributed by atoms with Crippen molar-refractivity contribution in [1.29, 1.82) is 0 Å². The average Bonchev–Trinajstić information content (AvgIpc) is 2.09. The predicted molar refractivity (Wildman–Crippen MR) is 54.6 cm³/mol. The Bertz CT molecular complexity index is 237. The van der Waals surface area contributed by atoms with E-state index in [4.69, 9.17) is 20.4 Å². The Morgan fingerprint density at radius 1 is 1.19 bits per heavy atom. The Morgan fingerprint density at radius 2 is 1.75 bits per heavy atom. The highest BCUT2D eigenvalue weighted by Gasteiger charge is 2.25. The van der Waals surface area contributed by atoms with Gasteiger partial charge in [-0.15, -0.1) is 0 Å². The third-order valence-corrected chi connectivity index (χ3v) is 2.49. The smallest absolute Gasteiger partial charge is 0.306 e. The maximum atomic E-state index is 10.9. The number of aliphatic carboxylic acids is 2. The topological polar surface area (TPSA) is 115 Å². The van der Waals surface area contributed by atoms with Crippen LogP contribution in [0.3, 0.4) is 0 Å². The fourth-order valence-corrected chi connectivity index (χ4v) is 1.62. The summed E-state index contributed by atoms with van der Waals surface area (Å²) in [6, 6.07) is 0. The van der Waals surface area contributed by atoms with Gasteiger partial charge in [-0.25, -0.2) is 0 Å². The van der Waals surface area contributed by atoms with Crippen LogP contribution >= 0.6 is 0 Å². The quantitative estimate of drug-likeness (QED) is 0.448. The summed E-state index contributed by atoms with van der Waals surface area (Å²) >= 11 is 0. The zero-order valence-corrected chi connectivity index (χ0v) is 9.17. The Labute approximate surface area is 93.5 Å². The molecule has 0 aromatic rings. The minimum absolute atomic E-state index is 0.0238. The number of hydrogen-bond acceptors (Lipinski definition) is 4. The number of carboxylic acid groups (broad SMARTS) is 2. The van der Waals surface area contributed by atoms with Crippen molar-refractivity contribution in [2.75, 3.05) is 0 Å². The van der Waals surface area contributed by atoms with Crippen molar-refractivity contribution in [1.82, 2.24) is 0 Å². The van der Waals surface area contributed by atoms with Crippen LogP contribution in [-0.2, 0) is 9.59 Å². The Balaban J connectivity index is 4.16. The number of carbonyl (C=O) groups is 2. The van der Waals surface area contributed by atoms with Gasteiger partial charge in [-0.05, 0) is 18.8 Å². The largest absolute Gasteiger partial charge is 0.481 e. The van der Waals surface area contributed by atoms with Gasteiger partial charge < -0.3 is 20.4 Å². The number of aliphatic hydroxyl groups is 2. The molecule has 6 heteroatoms. The summed E-state index contributed by atoms with van der Waals surface area (Å²) in [5, 5.41) is 34.8. The van der Waals surface area contributed by atoms with E-state index in [0.717, 1.165) is 0 Å². The summed E-state index contributed by atoms with van der Waals surface area (Å²) in [5.41, 5.74) is 0. The normalized spacial score (nSPS) is 14.8. The molecule has 0 amide bonds. The van der Waals surface area contributed by atoms with Crippen molar-refractivity contribution in [3.05, 3.63) is 0 Å². The van der Waals surface area contributed by atoms with E-state index in [1.165, 1.54) is 0 Å². The van der Waals surface area contributed by atoms with E-state index >= 15 is 0 Å². The Kier molecular flexibility index (Phi) is 6.67. The van der Waals surface area contributed by atoms with E-state index in [1.807, 2.05) is 0 Å². The van der Waals surface area contributed by atoms with Crippen molar-refractivity contribution >= 4 is 11.9 Å². The lowest BCUT2D eigenvalue weighted by atomic mass is 9.87. The van der Waals surface area contributed by atoms with Crippen molar-refractivity contribution in [2.24, 2.45) is 11.8 Å². The first-order valence-electron chi connectivity index (χ1n) is 5.15. The van der Waals surface area contributed by atoms with Crippen LogP contribution in [0.2, 0.25) is 0 Å². The minimum Gasteiger partial charge on any atom is -0.481 e. The highest BCUT2D eigenvalue weighted by Crippen LogP contribution is 2.22. The molecule has 0 aliphatic rings. The molecule has 0 heterocycles. The molecule has 0 aliphatic heterocycles. The van der Waals surface area contributed by atoms with Crippen LogP contribution in [-0.4, -0.2) is 38.7 Å². The van der Waals surface area contributed by atoms with E-state index in [1.54, 1.807) is 6.92 Å². The van der Waals surface area contributed by atoms with E-state index in [2.05, 4.69) is 0 Å². The molecule has 0 rings (SSSR count). The van der Waals surface area contributed by atoms with Crippen molar-refractivity contribution < 1.29 is 30.0 Å². The summed E-state index contributed by atoms with van der Waals surface area (Å²) < 4.78 is 0. The lowest BCUT2D eigenvalue weighted by Gasteiger charge is -2.20. The molecule has 6 nitrogen and oxygen atoms in total. The SMILES string of the molecule is CC(CC(O)O)C(CCCC(=O)O)C(=O)O. The van der Waals surface area contributed by atoms with Gasteiger partial charge in [0.15, 0.2) is 6.29 Å². The van der Waals surface area contributed by atoms with Gasteiger partial charge in [-0.1, -0.05) is 6.92 Å². The third-order valence-electron chi connectivity index (χ3n) is 2.49. The lowest BCUT2D eigenvalue weighted by molar-refractivity contribution is -0.146. The fraction of sp³-hybridized carbons (Fsp3) is 0.800. The van der Waals surface area contributed by atoms with Crippen molar-refractivity contribution in [2.45, 2.75) is 38.9 Å². The van der Waals surface area contributed by atoms with Crippen LogP contribution in [0, 0.1) is 11.8 Å². The average molecular weight is 234 g/mol. The molecule has 0 aliphatic carbocycles. The van der Waals surface area contributed by atoms with Gasteiger partial charge in [0.05, 0.1) is 5.92 Å². The maximum Gasteiger partial charge on any atom is 0.306 e. The molecule has 0 saturated carbocycles. The molecular formula is C10H18O6. The lowest BCUT2D eigenvalue weighted by Crippen LogP contribution is -2.25. The first-order valence-corrected chi connectivity index (χ1v) is 5.15. The molecular weight excluding hydrogens is 216 g/mol. The molecule has 0 aromatic heterocycles. The summed E-state index contributed by atoms with van der Waals surface area (Å²) in [7, 11) is 0. The van der Waals surface area contributed by atoms with Gasteiger partial charge in [0.25, 0.3) is 0 Å². The first-order chi connectivity index (χ1) is 7.34. The van der Waals surface area contributed by atoms with Crippen LogP contribution in [0.4, 0.5) is 0 Å². The molecule has 2 atom stereocenters. The highest BCUT2D eigenvalue weighted by atomic mass is 16.5. The molecule has 0 bridgehead atoms. The summed E-state index contributed by atoms with van der Waals surface area (Å²) in [6.07, 6.45) is -1.12. The molecule has 0 radical (unpaired) electrons. The maximum absolute atomic E-state index is 10.9. The first kappa shape index (κ1) is 14.9. The second kappa shape index (κ2) is 7.19. The number of carboxylic acids is 2. The van der Waals surface area contributed by atoms with Gasteiger partial charge >= 0.3 is 11.9 Å². The van der Waals surface area contributed by atoms with E-state index in [-0.39, 0.29) is 25.7 Å². The molecule has 0 fully saturated rings. The van der Waals surface area contributed by atoms with Crippen molar-refractivity contribution in [3.8, 4) is 0 Å². The van der Waals surface area contributed by atoms with E-state index < -0.39 is 30.1 Å². The van der Waals surface area contributed by atoms with Crippen molar-refractivity contribution in [3.63, 3.8) is 0 Å². The molecule has 94 valence electrons. The van der Waals surface area contributed by atoms with Crippen LogP contribution < -0.4 is 0 Å². The monoisotopic (exact) mass is 234 g/mol. The molecule has 16 heavy (non-hydrogen) atoms. The summed E-state index contributed by atoms with van der Waals surface area (Å²) in [4.78, 5) is 21.2. The fourth-order valence-electron chi connectivity index (χ4n) is 1.62. The van der Waals surface area contributed by atoms with E-state index in [9.17, 15) is 9.59 Å². The molecule has 0 spiro atoms.